The second-order valence-corrected chi connectivity index (χ2v) is 7.33. The van der Waals surface area contributed by atoms with Crippen molar-refractivity contribution in [1.29, 1.82) is 0 Å². The minimum absolute atomic E-state index is 0.0565. The van der Waals surface area contributed by atoms with Gasteiger partial charge in [-0.15, -0.1) is 0 Å². The molecule has 1 unspecified atom stereocenters. The summed E-state index contributed by atoms with van der Waals surface area (Å²) in [6.07, 6.45) is 5.19. The lowest BCUT2D eigenvalue weighted by Gasteiger charge is -2.64. The lowest BCUT2D eigenvalue weighted by molar-refractivity contribution is -0.214. The van der Waals surface area contributed by atoms with Crippen molar-refractivity contribution in [3.05, 3.63) is 29.8 Å². The van der Waals surface area contributed by atoms with Crippen molar-refractivity contribution in [3.63, 3.8) is 0 Å². The van der Waals surface area contributed by atoms with E-state index in [4.69, 9.17) is 4.74 Å². The van der Waals surface area contributed by atoms with Gasteiger partial charge in [-0.25, -0.2) is 4.39 Å². The molecular formula is C19H26FNO2. The maximum absolute atomic E-state index is 13.7. The van der Waals surface area contributed by atoms with Crippen LogP contribution in [-0.2, 0) is 11.2 Å². The Morgan fingerprint density at radius 3 is 2.74 bits per heavy atom. The zero-order chi connectivity index (χ0) is 16.5. The maximum atomic E-state index is 13.7. The van der Waals surface area contributed by atoms with Gasteiger partial charge >= 0.3 is 0 Å². The maximum Gasteiger partial charge on any atom is 0.226 e. The van der Waals surface area contributed by atoms with Crippen molar-refractivity contribution < 1.29 is 13.9 Å². The van der Waals surface area contributed by atoms with E-state index in [1.54, 1.807) is 7.11 Å². The first-order valence-electron chi connectivity index (χ1n) is 8.61. The lowest BCUT2D eigenvalue weighted by Crippen LogP contribution is -2.70. The Bertz CT molecular complexity index is 567. The first-order valence-corrected chi connectivity index (χ1v) is 8.61. The summed E-state index contributed by atoms with van der Waals surface area (Å²) >= 11 is 0. The minimum Gasteiger partial charge on any atom is -0.497 e. The Hall–Kier alpha value is -1.58. The van der Waals surface area contributed by atoms with Crippen molar-refractivity contribution >= 4 is 5.91 Å². The summed E-state index contributed by atoms with van der Waals surface area (Å²) in [6, 6.07) is 8.08. The smallest absolute Gasteiger partial charge is 0.226 e. The van der Waals surface area contributed by atoms with E-state index < -0.39 is 11.1 Å². The van der Waals surface area contributed by atoms with Gasteiger partial charge in [0, 0.05) is 6.04 Å². The molecule has 1 amide bonds. The first kappa shape index (κ1) is 16.3. The Labute approximate surface area is 137 Å². The number of ether oxygens (including phenoxy) is 1. The zero-order valence-electron chi connectivity index (χ0n) is 14.0. The highest BCUT2D eigenvalue weighted by molar-refractivity contribution is 5.87. The van der Waals surface area contributed by atoms with Gasteiger partial charge in [0.1, 0.15) is 11.4 Å². The summed E-state index contributed by atoms with van der Waals surface area (Å²) in [5, 5.41) is 3.19. The van der Waals surface area contributed by atoms with Gasteiger partial charge in [0.2, 0.25) is 5.91 Å². The number of methoxy groups -OCH3 is 1. The van der Waals surface area contributed by atoms with Crippen molar-refractivity contribution in [2.24, 2.45) is 5.41 Å². The third kappa shape index (κ3) is 3.22. The monoisotopic (exact) mass is 319 g/mol. The van der Waals surface area contributed by atoms with Crippen molar-refractivity contribution in [3.8, 4) is 5.75 Å². The molecule has 2 bridgehead atoms. The van der Waals surface area contributed by atoms with Gasteiger partial charge in [0.05, 0.1) is 12.5 Å². The summed E-state index contributed by atoms with van der Waals surface area (Å²) in [5.41, 5.74) is -0.262. The number of hydrogen-bond donors (Lipinski definition) is 1. The van der Waals surface area contributed by atoms with Crippen LogP contribution in [0.5, 0.6) is 5.75 Å². The molecule has 3 nitrogen and oxygen atoms in total. The number of unbranched alkanes of at least 4 members (excludes halogenated alkanes) is 1. The molecule has 0 spiro atoms. The number of carbonyl (C=O) groups excluding carboxylic acids is 1. The number of alkyl halides is 1. The molecule has 3 fully saturated rings. The zero-order valence-corrected chi connectivity index (χ0v) is 14.0. The summed E-state index contributed by atoms with van der Waals surface area (Å²) in [4.78, 5) is 12.5. The van der Waals surface area contributed by atoms with Crippen LogP contribution in [0.25, 0.3) is 0 Å². The fourth-order valence-corrected chi connectivity index (χ4v) is 4.00. The molecule has 0 saturated heterocycles. The average molecular weight is 319 g/mol. The van der Waals surface area contributed by atoms with E-state index >= 15 is 0 Å². The summed E-state index contributed by atoms with van der Waals surface area (Å²) in [7, 11) is 1.66. The van der Waals surface area contributed by atoms with Crippen LogP contribution in [0.3, 0.4) is 0 Å². The summed E-state index contributed by atoms with van der Waals surface area (Å²) in [6.45, 7) is 2.15. The fraction of sp³-hybridized carbons (Fsp3) is 0.632. The molecule has 0 radical (unpaired) electrons. The molecule has 0 heterocycles. The lowest BCUT2D eigenvalue weighted by atomic mass is 9.42. The van der Waals surface area contributed by atoms with Crippen LogP contribution in [0.2, 0.25) is 0 Å². The highest BCUT2D eigenvalue weighted by Gasteiger charge is 2.72. The van der Waals surface area contributed by atoms with E-state index in [-0.39, 0.29) is 11.9 Å². The minimum atomic E-state index is -1.02. The number of amides is 1. The van der Waals surface area contributed by atoms with Gasteiger partial charge in [-0.2, -0.15) is 0 Å². The van der Waals surface area contributed by atoms with E-state index in [1.165, 1.54) is 0 Å². The van der Waals surface area contributed by atoms with E-state index in [1.807, 2.05) is 18.2 Å². The van der Waals surface area contributed by atoms with Crippen molar-refractivity contribution in [1.82, 2.24) is 5.32 Å². The number of nitrogens with one attached hydrogen (secondary N) is 1. The molecule has 3 aliphatic rings. The van der Waals surface area contributed by atoms with Crippen LogP contribution in [0.4, 0.5) is 4.39 Å². The summed E-state index contributed by atoms with van der Waals surface area (Å²) < 4.78 is 18.9. The summed E-state index contributed by atoms with van der Waals surface area (Å²) in [5.74, 6) is 0.892. The second kappa shape index (κ2) is 6.14. The van der Waals surface area contributed by atoms with Crippen LogP contribution in [0.1, 0.15) is 51.0 Å². The molecule has 4 rings (SSSR count). The number of halogens is 1. The average Bonchev–Trinajstić information content (AvgIpc) is 2.48. The topological polar surface area (TPSA) is 38.3 Å². The first-order chi connectivity index (χ1) is 11.0. The Kier molecular flexibility index (Phi) is 4.35. The quantitative estimate of drug-likeness (QED) is 0.791. The fourth-order valence-electron chi connectivity index (χ4n) is 4.00. The Morgan fingerprint density at radius 1 is 1.39 bits per heavy atom. The number of carbonyl (C=O) groups is 1. The molecule has 0 aliphatic heterocycles. The van der Waals surface area contributed by atoms with Gasteiger partial charge in [-0.3, -0.25) is 4.79 Å². The Morgan fingerprint density at radius 2 is 2.13 bits per heavy atom. The number of hydrogen-bond acceptors (Lipinski definition) is 2. The van der Waals surface area contributed by atoms with Gasteiger partial charge in [0.25, 0.3) is 0 Å². The SMILES string of the molecule is CCCCC(Cc1cccc(OC)c1)NC(=O)C12CC(F)(C1)C2. The van der Waals surface area contributed by atoms with Crippen molar-refractivity contribution in [2.45, 2.75) is 63.6 Å². The predicted molar refractivity (Wildman–Crippen MR) is 88.3 cm³/mol. The standard InChI is InChI=1S/C19H26FNO2/c1-3-4-7-15(9-14-6-5-8-16(10-14)23-2)21-17(22)18-11-19(20,12-18)13-18/h5-6,8,10,15H,3-4,7,9,11-13H2,1-2H3,(H,21,22). The molecule has 1 N–H and O–H groups in total. The van der Waals surface area contributed by atoms with Crippen LogP contribution in [0.15, 0.2) is 24.3 Å². The van der Waals surface area contributed by atoms with Gasteiger partial charge in [-0.1, -0.05) is 31.9 Å². The second-order valence-electron chi connectivity index (χ2n) is 7.33. The van der Waals surface area contributed by atoms with Gasteiger partial charge < -0.3 is 10.1 Å². The van der Waals surface area contributed by atoms with Crippen LogP contribution in [0, 0.1) is 5.41 Å². The molecule has 1 aromatic carbocycles. The van der Waals surface area contributed by atoms with E-state index in [0.717, 1.165) is 37.0 Å². The van der Waals surface area contributed by atoms with Crippen molar-refractivity contribution in [2.75, 3.05) is 7.11 Å². The molecule has 3 aliphatic carbocycles. The number of benzene rings is 1. The molecule has 0 aromatic heterocycles. The van der Waals surface area contributed by atoms with Crippen LogP contribution >= 0.6 is 0 Å². The normalized spacial score (nSPS) is 29.2. The third-order valence-electron chi connectivity index (χ3n) is 5.30. The molecule has 23 heavy (non-hydrogen) atoms. The Balaban J connectivity index is 1.61. The van der Waals surface area contributed by atoms with E-state index in [2.05, 4.69) is 18.3 Å². The van der Waals surface area contributed by atoms with Gasteiger partial charge in [0.15, 0.2) is 0 Å². The van der Waals surface area contributed by atoms with E-state index in [9.17, 15) is 9.18 Å². The molecule has 4 heteroatoms. The molecule has 1 aromatic rings. The molecular weight excluding hydrogens is 293 g/mol. The molecule has 126 valence electrons. The number of rotatable bonds is 8. The molecule has 1 atom stereocenters. The van der Waals surface area contributed by atoms with Crippen LogP contribution < -0.4 is 10.1 Å². The van der Waals surface area contributed by atoms with E-state index in [0.29, 0.717) is 19.3 Å². The highest BCUT2D eigenvalue weighted by atomic mass is 19.1. The third-order valence-corrected chi connectivity index (χ3v) is 5.30. The highest BCUT2D eigenvalue weighted by Crippen LogP contribution is 2.69. The molecule has 3 saturated carbocycles. The predicted octanol–water partition coefficient (Wildman–Crippen LogP) is 3.80. The largest absolute Gasteiger partial charge is 0.497 e. The van der Waals surface area contributed by atoms with Gasteiger partial charge in [-0.05, 0) is 49.8 Å². The van der Waals surface area contributed by atoms with Crippen LogP contribution in [-0.4, -0.2) is 24.7 Å².